The van der Waals surface area contributed by atoms with E-state index in [1.807, 2.05) is 4.90 Å². The summed E-state index contributed by atoms with van der Waals surface area (Å²) in [6.45, 7) is 1.38. The van der Waals surface area contributed by atoms with E-state index < -0.39 is 11.9 Å². The van der Waals surface area contributed by atoms with Crippen molar-refractivity contribution in [2.45, 2.75) is 18.9 Å². The average Bonchev–Trinajstić information content (AvgIpc) is 2.87. The molecule has 3 rings (SSSR count). The molecule has 4 heteroatoms. The van der Waals surface area contributed by atoms with Crippen LogP contribution < -0.4 is 4.90 Å². The number of benzene rings is 2. The molecule has 1 heterocycles. The zero-order valence-electron chi connectivity index (χ0n) is 11.6. The van der Waals surface area contributed by atoms with Crippen molar-refractivity contribution in [1.82, 2.24) is 0 Å². The third-order valence-electron chi connectivity index (χ3n) is 3.98. The van der Waals surface area contributed by atoms with Gasteiger partial charge in [-0.3, -0.25) is 0 Å². The van der Waals surface area contributed by atoms with E-state index in [1.165, 1.54) is 18.2 Å². The van der Waals surface area contributed by atoms with Crippen LogP contribution in [0.4, 0.5) is 14.5 Å². The molecule has 0 saturated heterocycles. The minimum absolute atomic E-state index is 0.254. The molecule has 0 aromatic heterocycles. The first-order chi connectivity index (χ1) is 10.1. The number of aliphatic hydroxyl groups is 1. The van der Waals surface area contributed by atoms with Gasteiger partial charge in [0.25, 0.3) is 0 Å². The summed E-state index contributed by atoms with van der Waals surface area (Å²) in [6, 6.07) is 11.1. The topological polar surface area (TPSA) is 23.5 Å². The Labute approximate surface area is 122 Å². The van der Waals surface area contributed by atoms with Crippen molar-refractivity contribution in [2.24, 2.45) is 0 Å². The van der Waals surface area contributed by atoms with Crippen molar-refractivity contribution in [3.8, 4) is 0 Å². The molecule has 1 aliphatic rings. The molecule has 2 aromatic rings. The zero-order valence-corrected chi connectivity index (χ0v) is 11.6. The lowest BCUT2D eigenvalue weighted by Crippen LogP contribution is -2.23. The molecule has 21 heavy (non-hydrogen) atoms. The van der Waals surface area contributed by atoms with E-state index in [-0.39, 0.29) is 5.82 Å². The standard InChI is InChI=1S/C17H17F2NO/c18-13-6-5-12-7-9-20(16(12)11-13)10-8-17(21)14-3-1-2-4-15(14)19/h1-6,11,17,21H,7-10H2. The highest BCUT2D eigenvalue weighted by molar-refractivity contribution is 5.58. The van der Waals surface area contributed by atoms with Crippen molar-refractivity contribution in [3.05, 3.63) is 65.2 Å². The van der Waals surface area contributed by atoms with E-state index in [1.54, 1.807) is 24.3 Å². The maximum atomic E-state index is 13.6. The molecule has 1 aliphatic heterocycles. The molecular weight excluding hydrogens is 272 g/mol. The van der Waals surface area contributed by atoms with Crippen molar-refractivity contribution >= 4 is 5.69 Å². The lowest BCUT2D eigenvalue weighted by Gasteiger charge is -2.21. The number of rotatable bonds is 4. The van der Waals surface area contributed by atoms with Crippen LogP contribution in [0.2, 0.25) is 0 Å². The monoisotopic (exact) mass is 289 g/mol. The SMILES string of the molecule is OC(CCN1CCc2ccc(F)cc21)c1ccccc1F. The summed E-state index contributed by atoms with van der Waals surface area (Å²) < 4.78 is 26.9. The number of halogens is 2. The Hall–Kier alpha value is -1.94. The van der Waals surface area contributed by atoms with Crippen molar-refractivity contribution in [1.29, 1.82) is 0 Å². The minimum Gasteiger partial charge on any atom is -0.388 e. The number of anilines is 1. The fourth-order valence-electron chi connectivity index (χ4n) is 2.83. The predicted molar refractivity (Wildman–Crippen MR) is 78.3 cm³/mol. The molecule has 0 bridgehead atoms. The van der Waals surface area contributed by atoms with Gasteiger partial charge in [-0.25, -0.2) is 8.78 Å². The Morgan fingerprint density at radius 3 is 2.76 bits per heavy atom. The molecule has 0 fully saturated rings. The van der Waals surface area contributed by atoms with Gasteiger partial charge in [0, 0.05) is 24.3 Å². The second-order valence-electron chi connectivity index (χ2n) is 5.34. The first kappa shape index (κ1) is 14.0. The number of hydrogen-bond acceptors (Lipinski definition) is 2. The maximum Gasteiger partial charge on any atom is 0.128 e. The fraction of sp³-hybridized carbons (Fsp3) is 0.294. The zero-order chi connectivity index (χ0) is 14.8. The third-order valence-corrected chi connectivity index (χ3v) is 3.98. The minimum atomic E-state index is -0.844. The summed E-state index contributed by atoms with van der Waals surface area (Å²) in [5, 5.41) is 10.1. The fourth-order valence-corrected chi connectivity index (χ4v) is 2.83. The molecule has 0 amide bonds. The second-order valence-corrected chi connectivity index (χ2v) is 5.34. The Bertz CT molecular complexity index is 644. The van der Waals surface area contributed by atoms with Gasteiger partial charge in [-0.15, -0.1) is 0 Å². The number of aliphatic hydroxyl groups excluding tert-OH is 1. The van der Waals surface area contributed by atoms with Gasteiger partial charge in [0.05, 0.1) is 6.10 Å². The summed E-state index contributed by atoms with van der Waals surface area (Å²) in [7, 11) is 0. The van der Waals surface area contributed by atoms with Gasteiger partial charge in [-0.2, -0.15) is 0 Å². The van der Waals surface area contributed by atoms with Gasteiger partial charge in [0.2, 0.25) is 0 Å². The Kier molecular flexibility index (Phi) is 3.88. The number of nitrogens with zero attached hydrogens (tertiary/aromatic N) is 1. The lowest BCUT2D eigenvalue weighted by atomic mass is 10.1. The van der Waals surface area contributed by atoms with Gasteiger partial charge >= 0.3 is 0 Å². The summed E-state index contributed by atoms with van der Waals surface area (Å²) in [6.07, 6.45) is 0.450. The van der Waals surface area contributed by atoms with Crippen LogP contribution in [0.15, 0.2) is 42.5 Å². The van der Waals surface area contributed by atoms with Crippen molar-refractivity contribution in [2.75, 3.05) is 18.0 Å². The third kappa shape index (κ3) is 2.90. The summed E-state index contributed by atoms with van der Waals surface area (Å²) in [5.74, 6) is -0.645. The largest absolute Gasteiger partial charge is 0.388 e. The molecule has 0 saturated carbocycles. The van der Waals surface area contributed by atoms with E-state index in [4.69, 9.17) is 0 Å². The molecule has 110 valence electrons. The van der Waals surface area contributed by atoms with Gasteiger partial charge < -0.3 is 10.0 Å². The molecule has 2 nitrogen and oxygen atoms in total. The molecule has 1 unspecified atom stereocenters. The molecule has 0 radical (unpaired) electrons. The quantitative estimate of drug-likeness (QED) is 0.932. The highest BCUT2D eigenvalue weighted by atomic mass is 19.1. The molecule has 1 atom stereocenters. The van der Waals surface area contributed by atoms with E-state index >= 15 is 0 Å². The van der Waals surface area contributed by atoms with E-state index in [9.17, 15) is 13.9 Å². The van der Waals surface area contributed by atoms with Crippen LogP contribution in [-0.2, 0) is 6.42 Å². The molecule has 0 spiro atoms. The van der Waals surface area contributed by atoms with Gasteiger partial charge in [0.15, 0.2) is 0 Å². The van der Waals surface area contributed by atoms with Crippen molar-refractivity contribution < 1.29 is 13.9 Å². The summed E-state index contributed by atoms with van der Waals surface area (Å²) in [4.78, 5) is 2.04. The highest BCUT2D eigenvalue weighted by Crippen LogP contribution is 2.30. The van der Waals surface area contributed by atoms with Crippen molar-refractivity contribution in [3.63, 3.8) is 0 Å². The highest BCUT2D eigenvalue weighted by Gasteiger charge is 2.21. The second kappa shape index (κ2) is 5.82. The Balaban J connectivity index is 1.67. The van der Waals surface area contributed by atoms with Crippen LogP contribution in [0.3, 0.4) is 0 Å². The van der Waals surface area contributed by atoms with Gasteiger partial charge in [0.1, 0.15) is 11.6 Å². The average molecular weight is 289 g/mol. The lowest BCUT2D eigenvalue weighted by molar-refractivity contribution is 0.165. The Morgan fingerprint density at radius 2 is 1.95 bits per heavy atom. The predicted octanol–water partition coefficient (Wildman–Crippen LogP) is 3.45. The van der Waals surface area contributed by atoms with Crippen LogP contribution in [0, 0.1) is 11.6 Å². The smallest absolute Gasteiger partial charge is 0.128 e. The summed E-state index contributed by atoms with van der Waals surface area (Å²) >= 11 is 0. The summed E-state index contributed by atoms with van der Waals surface area (Å²) in [5.41, 5.74) is 2.32. The number of fused-ring (bicyclic) bond motifs is 1. The first-order valence-electron chi connectivity index (χ1n) is 7.11. The van der Waals surface area contributed by atoms with Crippen LogP contribution >= 0.6 is 0 Å². The molecular formula is C17H17F2NO. The van der Waals surface area contributed by atoms with Gasteiger partial charge in [-0.1, -0.05) is 24.3 Å². The van der Waals surface area contributed by atoms with E-state index in [2.05, 4.69) is 0 Å². The van der Waals surface area contributed by atoms with Crippen LogP contribution in [0.5, 0.6) is 0 Å². The normalized spacial score (nSPS) is 15.1. The van der Waals surface area contributed by atoms with Gasteiger partial charge in [-0.05, 0) is 36.6 Å². The number of hydrogen-bond donors (Lipinski definition) is 1. The Morgan fingerprint density at radius 1 is 1.14 bits per heavy atom. The van der Waals surface area contributed by atoms with Crippen LogP contribution in [0.1, 0.15) is 23.7 Å². The van der Waals surface area contributed by atoms with Crippen LogP contribution in [0.25, 0.3) is 0 Å². The van der Waals surface area contributed by atoms with Crippen LogP contribution in [-0.4, -0.2) is 18.2 Å². The first-order valence-corrected chi connectivity index (χ1v) is 7.11. The molecule has 0 aliphatic carbocycles. The molecule has 2 aromatic carbocycles. The van der Waals surface area contributed by atoms with E-state index in [0.717, 1.165) is 24.2 Å². The molecule has 1 N–H and O–H groups in total. The van der Waals surface area contributed by atoms with E-state index in [0.29, 0.717) is 18.5 Å². The maximum absolute atomic E-state index is 13.6.